The van der Waals surface area contributed by atoms with E-state index in [1.54, 1.807) is 6.92 Å². The minimum Gasteiger partial charge on any atom is -0.465 e. The molecular formula is C13H18O4. The van der Waals surface area contributed by atoms with Gasteiger partial charge in [0.2, 0.25) is 0 Å². The van der Waals surface area contributed by atoms with Gasteiger partial charge in [-0.25, -0.2) is 4.79 Å². The van der Waals surface area contributed by atoms with Gasteiger partial charge in [0.25, 0.3) is 0 Å². The van der Waals surface area contributed by atoms with Crippen LogP contribution in [0.1, 0.15) is 33.1 Å². The molecule has 94 valence electrons. The highest BCUT2D eigenvalue weighted by molar-refractivity contribution is 5.87. The first kappa shape index (κ1) is 12.1. The third-order valence-electron chi connectivity index (χ3n) is 3.87. The van der Waals surface area contributed by atoms with Crippen LogP contribution in [0.25, 0.3) is 0 Å². The van der Waals surface area contributed by atoms with Crippen LogP contribution in [0, 0.1) is 11.8 Å². The quantitative estimate of drug-likeness (QED) is 0.544. The molecule has 2 fully saturated rings. The lowest BCUT2D eigenvalue weighted by Gasteiger charge is -2.35. The largest absolute Gasteiger partial charge is 0.465 e. The van der Waals surface area contributed by atoms with Gasteiger partial charge in [0.05, 0.1) is 12.5 Å². The minimum absolute atomic E-state index is 0.0899. The van der Waals surface area contributed by atoms with E-state index in [0.29, 0.717) is 12.2 Å². The Morgan fingerprint density at radius 3 is 2.88 bits per heavy atom. The van der Waals surface area contributed by atoms with Crippen LogP contribution in [0.15, 0.2) is 12.2 Å². The topological polar surface area (TPSA) is 52.6 Å². The molecule has 1 saturated heterocycles. The Kier molecular flexibility index (Phi) is 2.98. The molecule has 0 aromatic heterocycles. The van der Waals surface area contributed by atoms with Crippen LogP contribution in [0.3, 0.4) is 0 Å². The summed E-state index contributed by atoms with van der Waals surface area (Å²) < 4.78 is 10.6. The number of fused-ring (bicyclic) bond motifs is 1. The van der Waals surface area contributed by atoms with Gasteiger partial charge in [0, 0.05) is 11.5 Å². The maximum absolute atomic E-state index is 11.6. The van der Waals surface area contributed by atoms with E-state index in [1.165, 1.54) is 0 Å². The lowest BCUT2D eigenvalue weighted by molar-refractivity contribution is -0.169. The fraction of sp³-hybridized carbons (Fsp3) is 0.692. The minimum atomic E-state index is -0.542. The van der Waals surface area contributed by atoms with Gasteiger partial charge >= 0.3 is 11.9 Å². The lowest BCUT2D eigenvalue weighted by Crippen LogP contribution is -2.42. The van der Waals surface area contributed by atoms with Crippen LogP contribution >= 0.6 is 0 Å². The predicted molar refractivity (Wildman–Crippen MR) is 61.1 cm³/mol. The van der Waals surface area contributed by atoms with Crippen molar-refractivity contribution in [3.8, 4) is 0 Å². The number of hydrogen-bond acceptors (Lipinski definition) is 4. The first-order valence-electron chi connectivity index (χ1n) is 5.99. The summed E-state index contributed by atoms with van der Waals surface area (Å²) in [6.07, 6.45) is 2.23. The summed E-state index contributed by atoms with van der Waals surface area (Å²) >= 11 is 0. The first-order chi connectivity index (χ1) is 7.94. The normalized spacial score (nSPS) is 36.0. The Hall–Kier alpha value is -1.32. The Morgan fingerprint density at radius 1 is 1.53 bits per heavy atom. The lowest BCUT2D eigenvalue weighted by atomic mass is 9.83. The Morgan fingerprint density at radius 2 is 2.24 bits per heavy atom. The van der Waals surface area contributed by atoms with Crippen molar-refractivity contribution >= 4 is 11.9 Å². The number of rotatable bonds is 2. The molecule has 2 rings (SSSR count). The van der Waals surface area contributed by atoms with Gasteiger partial charge in [0.15, 0.2) is 0 Å². The first-order valence-corrected chi connectivity index (χ1v) is 5.99. The average Bonchev–Trinajstić information content (AvgIpc) is 2.58. The van der Waals surface area contributed by atoms with E-state index in [2.05, 4.69) is 6.58 Å². The van der Waals surface area contributed by atoms with E-state index < -0.39 is 5.60 Å². The fourth-order valence-electron chi connectivity index (χ4n) is 2.86. The summed E-state index contributed by atoms with van der Waals surface area (Å²) in [5.74, 6) is -0.526. The van der Waals surface area contributed by atoms with E-state index in [0.717, 1.165) is 19.3 Å². The van der Waals surface area contributed by atoms with Crippen LogP contribution < -0.4 is 0 Å². The zero-order chi connectivity index (χ0) is 12.6. The summed E-state index contributed by atoms with van der Waals surface area (Å²) in [6.45, 7) is 7.56. The number of ether oxygens (including phenoxy) is 2. The second kappa shape index (κ2) is 4.17. The molecule has 1 aliphatic carbocycles. The van der Waals surface area contributed by atoms with Crippen LogP contribution in [0.4, 0.5) is 0 Å². The van der Waals surface area contributed by atoms with Crippen molar-refractivity contribution in [3.05, 3.63) is 12.2 Å². The maximum atomic E-state index is 11.6. The van der Waals surface area contributed by atoms with Gasteiger partial charge in [-0.15, -0.1) is 0 Å². The van der Waals surface area contributed by atoms with Gasteiger partial charge in [0.1, 0.15) is 5.60 Å². The zero-order valence-corrected chi connectivity index (χ0v) is 10.3. The van der Waals surface area contributed by atoms with Crippen molar-refractivity contribution in [2.24, 2.45) is 11.8 Å². The summed E-state index contributed by atoms with van der Waals surface area (Å²) in [7, 11) is 0. The van der Waals surface area contributed by atoms with Crippen molar-refractivity contribution in [1.82, 2.24) is 0 Å². The average molecular weight is 238 g/mol. The van der Waals surface area contributed by atoms with Crippen molar-refractivity contribution in [2.45, 2.75) is 38.7 Å². The second-order valence-corrected chi connectivity index (χ2v) is 5.19. The molecule has 0 amide bonds. The summed E-state index contributed by atoms with van der Waals surface area (Å²) in [5.41, 5.74) is -0.145. The molecule has 4 heteroatoms. The monoisotopic (exact) mass is 238 g/mol. The fourth-order valence-corrected chi connectivity index (χ4v) is 2.86. The molecule has 4 nitrogen and oxygen atoms in total. The van der Waals surface area contributed by atoms with Gasteiger partial charge < -0.3 is 9.47 Å². The molecular weight excluding hydrogens is 220 g/mol. The van der Waals surface area contributed by atoms with Crippen LogP contribution in [-0.2, 0) is 19.1 Å². The molecule has 0 spiro atoms. The van der Waals surface area contributed by atoms with Crippen LogP contribution in [0.5, 0.6) is 0 Å². The van der Waals surface area contributed by atoms with E-state index >= 15 is 0 Å². The van der Waals surface area contributed by atoms with Gasteiger partial charge in [-0.2, -0.15) is 0 Å². The highest BCUT2D eigenvalue weighted by Gasteiger charge is 2.52. The molecule has 3 atom stereocenters. The third-order valence-corrected chi connectivity index (χ3v) is 3.87. The molecule has 0 radical (unpaired) electrons. The molecule has 0 aromatic rings. The van der Waals surface area contributed by atoms with Crippen molar-refractivity contribution in [2.75, 3.05) is 6.61 Å². The third kappa shape index (κ3) is 2.08. The SMILES string of the molecule is C=C(C)C(=O)OC1(C)CCC2C(=O)OCCC21. The van der Waals surface area contributed by atoms with E-state index in [9.17, 15) is 9.59 Å². The highest BCUT2D eigenvalue weighted by Crippen LogP contribution is 2.47. The Bertz CT molecular complexity index is 374. The van der Waals surface area contributed by atoms with Crippen molar-refractivity contribution < 1.29 is 19.1 Å². The summed E-state index contributed by atoms with van der Waals surface area (Å²) in [4.78, 5) is 23.2. The second-order valence-electron chi connectivity index (χ2n) is 5.19. The van der Waals surface area contributed by atoms with Gasteiger partial charge in [-0.05, 0) is 33.1 Å². The smallest absolute Gasteiger partial charge is 0.333 e. The van der Waals surface area contributed by atoms with Gasteiger partial charge in [-0.3, -0.25) is 4.79 Å². The van der Waals surface area contributed by atoms with Crippen LogP contribution in [-0.4, -0.2) is 24.1 Å². The maximum Gasteiger partial charge on any atom is 0.333 e. The number of cyclic esters (lactones) is 1. The number of esters is 2. The standard InChI is InChI=1S/C13H18O4/c1-8(2)11(14)17-13(3)6-4-9-10(13)5-7-16-12(9)15/h9-10H,1,4-7H2,2-3H3. The number of carbonyl (C=O) groups is 2. The number of hydrogen-bond donors (Lipinski definition) is 0. The van der Waals surface area contributed by atoms with E-state index in [-0.39, 0.29) is 23.8 Å². The molecule has 0 aromatic carbocycles. The molecule has 3 unspecified atom stereocenters. The Labute approximate surface area is 101 Å². The highest BCUT2D eigenvalue weighted by atomic mass is 16.6. The van der Waals surface area contributed by atoms with Crippen LogP contribution in [0.2, 0.25) is 0 Å². The molecule has 1 aliphatic heterocycles. The van der Waals surface area contributed by atoms with Crippen molar-refractivity contribution in [1.29, 1.82) is 0 Å². The zero-order valence-electron chi connectivity index (χ0n) is 10.3. The summed E-state index contributed by atoms with van der Waals surface area (Å²) in [6, 6.07) is 0. The molecule has 1 heterocycles. The molecule has 1 saturated carbocycles. The van der Waals surface area contributed by atoms with Gasteiger partial charge in [-0.1, -0.05) is 6.58 Å². The molecule has 2 aliphatic rings. The molecule has 0 N–H and O–H groups in total. The molecule has 17 heavy (non-hydrogen) atoms. The van der Waals surface area contributed by atoms with Crippen molar-refractivity contribution in [3.63, 3.8) is 0 Å². The molecule has 0 bridgehead atoms. The van der Waals surface area contributed by atoms with E-state index in [4.69, 9.17) is 9.47 Å². The summed E-state index contributed by atoms with van der Waals surface area (Å²) in [5, 5.41) is 0. The predicted octanol–water partition coefficient (Wildman–Crippen LogP) is 1.84. The Balaban J connectivity index is 2.13. The number of carbonyl (C=O) groups excluding carboxylic acids is 2. The van der Waals surface area contributed by atoms with E-state index in [1.807, 2.05) is 6.92 Å².